The molecule has 2 fully saturated rings. The van der Waals surface area contributed by atoms with Crippen LogP contribution in [-0.4, -0.2) is 36.0 Å². The molecule has 2 aliphatic rings. The average molecular weight is 210 g/mol. The minimum absolute atomic E-state index is 0.231. The molecule has 0 unspecified atom stereocenters. The molecule has 1 heterocycles. The number of hydrogen-bond acceptors (Lipinski definition) is 2. The van der Waals surface area contributed by atoms with E-state index in [0.717, 1.165) is 32.0 Å². The Morgan fingerprint density at radius 3 is 2.13 bits per heavy atom. The van der Waals surface area contributed by atoms with Crippen LogP contribution < -0.4 is 5.32 Å². The molecule has 0 aromatic carbocycles. The summed E-state index contributed by atoms with van der Waals surface area (Å²) in [6.45, 7) is 3.56. The lowest BCUT2D eigenvalue weighted by Crippen LogP contribution is -2.46. The average Bonchev–Trinajstić information content (AvgIpc) is 2.71. The molecule has 0 atom stereocenters. The smallest absolute Gasteiger partial charge is 0.219 e. The van der Waals surface area contributed by atoms with Crippen molar-refractivity contribution in [3.8, 4) is 0 Å². The number of rotatable bonds is 2. The van der Waals surface area contributed by atoms with Crippen molar-refractivity contribution in [2.24, 2.45) is 0 Å². The van der Waals surface area contributed by atoms with E-state index in [1.54, 1.807) is 6.92 Å². The quantitative estimate of drug-likeness (QED) is 0.749. The second-order valence-corrected chi connectivity index (χ2v) is 4.93. The van der Waals surface area contributed by atoms with Crippen LogP contribution in [0.3, 0.4) is 0 Å². The van der Waals surface area contributed by atoms with E-state index in [1.807, 2.05) is 4.90 Å². The lowest BCUT2D eigenvalue weighted by molar-refractivity contribution is -0.129. The summed E-state index contributed by atoms with van der Waals surface area (Å²) >= 11 is 0. The molecule has 3 heteroatoms. The largest absolute Gasteiger partial charge is 0.343 e. The summed E-state index contributed by atoms with van der Waals surface area (Å²) in [5.41, 5.74) is 0. The summed E-state index contributed by atoms with van der Waals surface area (Å²) in [7, 11) is 0. The molecule has 1 saturated carbocycles. The van der Waals surface area contributed by atoms with Gasteiger partial charge in [-0.3, -0.25) is 4.79 Å². The Kier molecular flexibility index (Phi) is 3.62. The molecule has 0 aromatic rings. The van der Waals surface area contributed by atoms with E-state index in [1.165, 1.54) is 25.7 Å². The Labute approximate surface area is 92.2 Å². The first-order chi connectivity index (χ1) is 7.25. The van der Waals surface area contributed by atoms with Crippen LogP contribution in [0.1, 0.15) is 45.4 Å². The van der Waals surface area contributed by atoms with E-state index in [9.17, 15) is 4.79 Å². The Bertz CT molecular complexity index is 216. The molecule has 1 saturated heterocycles. The predicted octanol–water partition coefficient (Wildman–Crippen LogP) is 1.53. The summed E-state index contributed by atoms with van der Waals surface area (Å²) in [6, 6.07) is 1.42. The van der Waals surface area contributed by atoms with E-state index in [2.05, 4.69) is 5.32 Å². The van der Waals surface area contributed by atoms with Crippen LogP contribution in [0.25, 0.3) is 0 Å². The fourth-order valence-electron chi connectivity index (χ4n) is 2.79. The first kappa shape index (κ1) is 10.9. The monoisotopic (exact) mass is 210 g/mol. The minimum Gasteiger partial charge on any atom is -0.343 e. The zero-order valence-corrected chi connectivity index (χ0v) is 9.67. The van der Waals surface area contributed by atoms with Gasteiger partial charge in [0.2, 0.25) is 5.91 Å². The van der Waals surface area contributed by atoms with Gasteiger partial charge in [0.25, 0.3) is 0 Å². The predicted molar refractivity (Wildman–Crippen MR) is 60.7 cm³/mol. The fourth-order valence-corrected chi connectivity index (χ4v) is 2.79. The molecule has 0 bridgehead atoms. The van der Waals surface area contributed by atoms with E-state index in [4.69, 9.17) is 0 Å². The first-order valence-electron chi connectivity index (χ1n) is 6.27. The molecule has 15 heavy (non-hydrogen) atoms. The van der Waals surface area contributed by atoms with Crippen LogP contribution in [0.15, 0.2) is 0 Å². The van der Waals surface area contributed by atoms with Gasteiger partial charge in [0.15, 0.2) is 0 Å². The SMILES string of the molecule is CC(=O)N1CCC(NC2CCCC2)CC1. The highest BCUT2D eigenvalue weighted by Gasteiger charge is 2.23. The second-order valence-electron chi connectivity index (χ2n) is 4.93. The topological polar surface area (TPSA) is 32.3 Å². The van der Waals surface area contributed by atoms with E-state index >= 15 is 0 Å². The lowest BCUT2D eigenvalue weighted by atomic mass is 10.0. The molecule has 3 nitrogen and oxygen atoms in total. The van der Waals surface area contributed by atoms with Crippen LogP contribution in [0, 0.1) is 0 Å². The highest BCUT2D eigenvalue weighted by atomic mass is 16.2. The highest BCUT2D eigenvalue weighted by molar-refractivity contribution is 5.73. The molecule has 0 radical (unpaired) electrons. The van der Waals surface area contributed by atoms with Crippen LogP contribution in [-0.2, 0) is 4.79 Å². The van der Waals surface area contributed by atoms with Crippen molar-refractivity contribution in [3.05, 3.63) is 0 Å². The van der Waals surface area contributed by atoms with Gasteiger partial charge < -0.3 is 10.2 Å². The first-order valence-corrected chi connectivity index (χ1v) is 6.27. The van der Waals surface area contributed by atoms with Gasteiger partial charge in [0.05, 0.1) is 0 Å². The van der Waals surface area contributed by atoms with Gasteiger partial charge in [-0.2, -0.15) is 0 Å². The summed E-state index contributed by atoms with van der Waals surface area (Å²) in [5.74, 6) is 0.231. The van der Waals surface area contributed by atoms with Crippen LogP contribution in [0.4, 0.5) is 0 Å². The van der Waals surface area contributed by atoms with Crippen molar-refractivity contribution in [1.29, 1.82) is 0 Å². The number of hydrogen-bond donors (Lipinski definition) is 1. The van der Waals surface area contributed by atoms with E-state index < -0.39 is 0 Å². The summed E-state index contributed by atoms with van der Waals surface area (Å²) < 4.78 is 0. The molecular weight excluding hydrogens is 188 g/mol. The molecule has 0 aromatic heterocycles. The third kappa shape index (κ3) is 2.94. The normalized spacial score (nSPS) is 24.7. The van der Waals surface area contributed by atoms with Gasteiger partial charge in [-0.1, -0.05) is 12.8 Å². The zero-order chi connectivity index (χ0) is 10.7. The van der Waals surface area contributed by atoms with Crippen molar-refractivity contribution in [1.82, 2.24) is 10.2 Å². The fraction of sp³-hybridized carbons (Fsp3) is 0.917. The number of likely N-dealkylation sites (tertiary alicyclic amines) is 1. The van der Waals surface area contributed by atoms with Gasteiger partial charge in [-0.05, 0) is 25.7 Å². The number of nitrogens with one attached hydrogen (secondary N) is 1. The number of nitrogens with zero attached hydrogens (tertiary/aromatic N) is 1. The van der Waals surface area contributed by atoms with Gasteiger partial charge in [-0.15, -0.1) is 0 Å². The van der Waals surface area contributed by atoms with Crippen LogP contribution in [0.5, 0.6) is 0 Å². The molecule has 1 amide bonds. The number of carbonyl (C=O) groups excluding carboxylic acids is 1. The molecule has 1 aliphatic carbocycles. The highest BCUT2D eigenvalue weighted by Crippen LogP contribution is 2.20. The Morgan fingerprint density at radius 1 is 1.07 bits per heavy atom. The van der Waals surface area contributed by atoms with Gasteiger partial charge in [-0.25, -0.2) is 0 Å². The maximum absolute atomic E-state index is 11.2. The minimum atomic E-state index is 0.231. The molecule has 1 N–H and O–H groups in total. The lowest BCUT2D eigenvalue weighted by Gasteiger charge is -2.33. The maximum Gasteiger partial charge on any atom is 0.219 e. The molecule has 0 spiro atoms. The number of amides is 1. The molecule has 2 rings (SSSR count). The van der Waals surface area contributed by atoms with E-state index in [-0.39, 0.29) is 5.91 Å². The van der Waals surface area contributed by atoms with E-state index in [0.29, 0.717) is 6.04 Å². The van der Waals surface area contributed by atoms with Crippen LogP contribution >= 0.6 is 0 Å². The Balaban J connectivity index is 1.71. The number of piperidine rings is 1. The van der Waals surface area contributed by atoms with Crippen LogP contribution in [0.2, 0.25) is 0 Å². The Morgan fingerprint density at radius 2 is 1.60 bits per heavy atom. The van der Waals surface area contributed by atoms with Gasteiger partial charge >= 0.3 is 0 Å². The summed E-state index contributed by atoms with van der Waals surface area (Å²) in [5, 5.41) is 3.74. The molecular formula is C12H22N2O. The molecule has 1 aliphatic heterocycles. The summed E-state index contributed by atoms with van der Waals surface area (Å²) in [4.78, 5) is 13.1. The Hall–Kier alpha value is -0.570. The van der Waals surface area contributed by atoms with Crippen molar-refractivity contribution < 1.29 is 4.79 Å². The second kappa shape index (κ2) is 4.97. The third-order valence-electron chi connectivity index (χ3n) is 3.77. The van der Waals surface area contributed by atoms with Gasteiger partial charge in [0, 0.05) is 32.1 Å². The van der Waals surface area contributed by atoms with Crippen molar-refractivity contribution in [2.45, 2.75) is 57.5 Å². The standard InChI is InChI=1S/C12H22N2O/c1-10(15)14-8-6-12(7-9-14)13-11-4-2-3-5-11/h11-13H,2-9H2,1H3. The van der Waals surface area contributed by atoms with Crippen molar-refractivity contribution in [3.63, 3.8) is 0 Å². The van der Waals surface area contributed by atoms with Crippen molar-refractivity contribution >= 4 is 5.91 Å². The third-order valence-corrected chi connectivity index (χ3v) is 3.77. The number of carbonyl (C=O) groups is 1. The molecule has 86 valence electrons. The zero-order valence-electron chi connectivity index (χ0n) is 9.67. The van der Waals surface area contributed by atoms with Gasteiger partial charge in [0.1, 0.15) is 0 Å². The summed E-state index contributed by atoms with van der Waals surface area (Å²) in [6.07, 6.45) is 7.76. The maximum atomic E-state index is 11.2. The van der Waals surface area contributed by atoms with Crippen molar-refractivity contribution in [2.75, 3.05) is 13.1 Å².